The number of hydrogen-bond donors (Lipinski definition) is 2. The van der Waals surface area contributed by atoms with Gasteiger partial charge in [-0.2, -0.15) is 0 Å². The molecule has 0 bridgehead atoms. The largest absolute Gasteiger partial charge is 0.368 e. The second-order valence-electron chi connectivity index (χ2n) is 9.02. The van der Waals surface area contributed by atoms with E-state index >= 15 is 0 Å². The van der Waals surface area contributed by atoms with E-state index in [2.05, 4.69) is 75.5 Å². The summed E-state index contributed by atoms with van der Waals surface area (Å²) in [6.45, 7) is 6.45. The summed E-state index contributed by atoms with van der Waals surface area (Å²) in [4.78, 5) is 31.1. The molecule has 168 valence electrons. The van der Waals surface area contributed by atoms with Gasteiger partial charge >= 0.3 is 0 Å². The van der Waals surface area contributed by atoms with Crippen LogP contribution in [0.15, 0.2) is 69.1 Å². The second-order valence-corrected chi connectivity index (χ2v) is 10.0. The maximum absolute atomic E-state index is 13.1. The minimum Gasteiger partial charge on any atom is -0.368 e. The van der Waals surface area contributed by atoms with Crippen molar-refractivity contribution in [3.63, 3.8) is 0 Å². The number of pyridine rings is 1. The fraction of sp³-hybridized carbons (Fsp3) is 0.385. The fourth-order valence-electron chi connectivity index (χ4n) is 4.68. The number of aromatic nitrogens is 1. The molecule has 2 N–H and O–H groups in total. The van der Waals surface area contributed by atoms with Crippen molar-refractivity contribution in [3.05, 3.63) is 91.5 Å². The average Bonchev–Trinajstić information content (AvgIpc) is 3.17. The number of allylic oxidation sites excluding steroid dienone is 4. The van der Waals surface area contributed by atoms with Crippen LogP contribution < -0.4 is 10.9 Å². The molecule has 0 saturated heterocycles. The molecule has 0 spiro atoms. The Hall–Kier alpha value is -2.60. The van der Waals surface area contributed by atoms with Gasteiger partial charge in [0.15, 0.2) is 0 Å². The van der Waals surface area contributed by atoms with Crippen molar-refractivity contribution in [2.45, 2.75) is 58.7 Å². The van der Waals surface area contributed by atoms with E-state index in [0.717, 1.165) is 40.6 Å². The predicted molar refractivity (Wildman–Crippen MR) is 132 cm³/mol. The second kappa shape index (κ2) is 9.49. The van der Waals surface area contributed by atoms with Gasteiger partial charge in [-0.3, -0.25) is 9.59 Å². The van der Waals surface area contributed by atoms with Crippen molar-refractivity contribution >= 4 is 21.8 Å². The molecule has 2 aliphatic carbocycles. The zero-order valence-corrected chi connectivity index (χ0v) is 20.4. The Balaban J connectivity index is 1.47. The van der Waals surface area contributed by atoms with Crippen LogP contribution >= 0.6 is 15.9 Å². The van der Waals surface area contributed by atoms with E-state index in [-0.39, 0.29) is 24.1 Å². The van der Waals surface area contributed by atoms with Crippen LogP contribution in [0.2, 0.25) is 0 Å². The molecule has 1 aromatic heterocycles. The lowest BCUT2D eigenvalue weighted by Gasteiger charge is -2.32. The van der Waals surface area contributed by atoms with Crippen LogP contribution in [0.3, 0.4) is 0 Å². The summed E-state index contributed by atoms with van der Waals surface area (Å²) in [7, 11) is 0. The standard InChI is InChI=1S/C26H30BrN3O2/c1-16(2)30-10-9-21-22(13-19(27)14-24(21)30)25(31)28-15-23-17(3)11-20(29-26(23)32)12-18-7-5-4-6-8-18/h4-7,9-11,13,16,18,24H,8,12,14-15H2,1-3H3,(H,28,31)(H,29,32). The summed E-state index contributed by atoms with van der Waals surface area (Å²) < 4.78 is 1.01. The predicted octanol–water partition coefficient (Wildman–Crippen LogP) is 4.56. The molecule has 32 heavy (non-hydrogen) atoms. The highest BCUT2D eigenvalue weighted by atomic mass is 79.9. The van der Waals surface area contributed by atoms with Gasteiger partial charge in [0, 0.05) is 42.0 Å². The van der Waals surface area contributed by atoms with E-state index in [4.69, 9.17) is 0 Å². The first-order valence-corrected chi connectivity index (χ1v) is 12.0. The molecule has 0 fully saturated rings. The van der Waals surface area contributed by atoms with Crippen LogP contribution in [0.4, 0.5) is 0 Å². The topological polar surface area (TPSA) is 65.2 Å². The normalized spacial score (nSPS) is 21.9. The van der Waals surface area contributed by atoms with Gasteiger partial charge in [-0.25, -0.2) is 0 Å². The van der Waals surface area contributed by atoms with Crippen molar-refractivity contribution in [1.82, 2.24) is 15.2 Å². The van der Waals surface area contributed by atoms with E-state index in [1.54, 1.807) is 0 Å². The molecule has 5 nitrogen and oxygen atoms in total. The molecule has 0 aromatic carbocycles. The molecule has 3 aliphatic rings. The molecule has 1 aliphatic heterocycles. The first-order valence-electron chi connectivity index (χ1n) is 11.2. The Kier molecular flexibility index (Phi) is 6.70. The van der Waals surface area contributed by atoms with Crippen LogP contribution in [0.1, 0.15) is 43.5 Å². The third-order valence-electron chi connectivity index (χ3n) is 6.38. The summed E-state index contributed by atoms with van der Waals surface area (Å²) in [5, 5.41) is 2.97. The summed E-state index contributed by atoms with van der Waals surface area (Å²) in [6, 6.07) is 2.56. The number of nitrogens with one attached hydrogen (secondary N) is 2. The first-order chi connectivity index (χ1) is 15.3. The number of carbonyl (C=O) groups is 1. The van der Waals surface area contributed by atoms with Gasteiger partial charge in [0.2, 0.25) is 0 Å². The molecule has 0 saturated carbocycles. The lowest BCUT2D eigenvalue weighted by Crippen LogP contribution is -2.37. The number of nitrogens with zero attached hydrogens (tertiary/aromatic N) is 1. The minimum atomic E-state index is -0.154. The Morgan fingerprint density at radius 3 is 2.84 bits per heavy atom. The van der Waals surface area contributed by atoms with E-state index in [1.165, 1.54) is 0 Å². The smallest absolute Gasteiger partial charge is 0.253 e. The molecule has 2 unspecified atom stereocenters. The zero-order valence-electron chi connectivity index (χ0n) is 18.8. The van der Waals surface area contributed by atoms with Crippen molar-refractivity contribution in [3.8, 4) is 0 Å². The number of fused-ring (bicyclic) bond motifs is 1. The molecule has 1 aromatic rings. The van der Waals surface area contributed by atoms with Crippen LogP contribution in [0.25, 0.3) is 0 Å². The SMILES string of the molecule is Cc1cc(CC2C=CC=CC2)[nH]c(=O)c1CNC(=O)C1=C2C=CN(C(C)C)C2CC(Br)=C1. The summed E-state index contributed by atoms with van der Waals surface area (Å²) >= 11 is 3.61. The molecule has 2 atom stereocenters. The van der Waals surface area contributed by atoms with Gasteiger partial charge in [0.1, 0.15) is 0 Å². The number of aromatic amines is 1. The van der Waals surface area contributed by atoms with E-state index in [9.17, 15) is 9.59 Å². The number of amides is 1. The molecular formula is C26H30BrN3O2. The van der Waals surface area contributed by atoms with Gasteiger partial charge in [-0.1, -0.05) is 40.2 Å². The highest BCUT2D eigenvalue weighted by Gasteiger charge is 2.33. The summed E-state index contributed by atoms with van der Waals surface area (Å²) in [5.74, 6) is 0.252. The molecule has 1 amide bonds. The van der Waals surface area contributed by atoms with E-state index in [0.29, 0.717) is 23.1 Å². The van der Waals surface area contributed by atoms with Gasteiger partial charge in [-0.05, 0) is 73.4 Å². The van der Waals surface area contributed by atoms with Gasteiger partial charge in [-0.15, -0.1) is 0 Å². The third-order valence-corrected chi connectivity index (χ3v) is 6.93. The average molecular weight is 496 g/mol. The fourth-order valence-corrected chi connectivity index (χ4v) is 5.22. The molecule has 2 heterocycles. The minimum absolute atomic E-state index is 0.127. The summed E-state index contributed by atoms with van der Waals surface area (Å²) in [5.41, 5.74) is 4.02. The maximum Gasteiger partial charge on any atom is 0.253 e. The van der Waals surface area contributed by atoms with Crippen LogP contribution in [-0.2, 0) is 17.8 Å². The first kappa shape index (κ1) is 22.6. The maximum atomic E-state index is 13.1. The zero-order chi connectivity index (χ0) is 22.8. The highest BCUT2D eigenvalue weighted by molar-refractivity contribution is 9.11. The number of hydrogen-bond acceptors (Lipinski definition) is 3. The van der Waals surface area contributed by atoms with Crippen molar-refractivity contribution < 1.29 is 4.79 Å². The Morgan fingerprint density at radius 1 is 1.34 bits per heavy atom. The molecule has 0 radical (unpaired) electrons. The van der Waals surface area contributed by atoms with Crippen molar-refractivity contribution in [2.24, 2.45) is 5.92 Å². The third kappa shape index (κ3) is 4.75. The van der Waals surface area contributed by atoms with Crippen LogP contribution in [-0.4, -0.2) is 27.9 Å². The summed E-state index contributed by atoms with van der Waals surface area (Å²) in [6.07, 6.45) is 17.1. The van der Waals surface area contributed by atoms with Crippen LogP contribution in [0.5, 0.6) is 0 Å². The number of carbonyl (C=O) groups excluding carboxylic acids is 1. The van der Waals surface area contributed by atoms with E-state index in [1.807, 2.05) is 25.1 Å². The molecular weight excluding hydrogens is 466 g/mol. The number of H-pyrrole nitrogens is 1. The Morgan fingerprint density at radius 2 is 2.16 bits per heavy atom. The Labute approximate surface area is 197 Å². The Bertz CT molecular complexity index is 1120. The molecule has 4 rings (SSSR count). The lowest BCUT2D eigenvalue weighted by molar-refractivity contribution is -0.117. The number of halogens is 1. The number of rotatable bonds is 6. The van der Waals surface area contributed by atoms with Crippen molar-refractivity contribution in [2.75, 3.05) is 0 Å². The van der Waals surface area contributed by atoms with Crippen molar-refractivity contribution in [1.29, 1.82) is 0 Å². The van der Waals surface area contributed by atoms with E-state index < -0.39 is 0 Å². The quantitative estimate of drug-likeness (QED) is 0.607. The highest BCUT2D eigenvalue weighted by Crippen LogP contribution is 2.36. The van der Waals surface area contributed by atoms with Gasteiger partial charge in [0.25, 0.3) is 11.5 Å². The van der Waals surface area contributed by atoms with Crippen LogP contribution in [0, 0.1) is 12.8 Å². The van der Waals surface area contributed by atoms with Gasteiger partial charge in [0.05, 0.1) is 6.04 Å². The monoisotopic (exact) mass is 495 g/mol. The van der Waals surface area contributed by atoms with Gasteiger partial charge < -0.3 is 15.2 Å². The number of aryl methyl sites for hydroxylation is 1. The molecule has 6 heteroatoms. The lowest BCUT2D eigenvalue weighted by atomic mass is 9.92.